The molecule has 3 aromatic rings. The van der Waals surface area contributed by atoms with E-state index in [1.54, 1.807) is 6.92 Å². The number of methoxy groups -OCH3 is 2. The SMILES string of the molecule is COc1ncnc(NS(=O)(=O)c2ccc(N)cc2)c1OC.Cc1cccc(C)c1NC(=O)C(C)N. The molecule has 6 N–H and O–H groups in total. The number of rotatable bonds is 7. The Morgan fingerprint density at radius 1 is 1.00 bits per heavy atom. The van der Waals surface area contributed by atoms with Crippen molar-refractivity contribution in [1.29, 1.82) is 0 Å². The second-order valence-corrected chi connectivity index (χ2v) is 9.17. The van der Waals surface area contributed by atoms with E-state index in [1.165, 1.54) is 44.8 Å². The number of nitrogens with zero attached hydrogens (tertiary/aromatic N) is 2. The summed E-state index contributed by atoms with van der Waals surface area (Å²) >= 11 is 0. The Labute approximate surface area is 204 Å². The van der Waals surface area contributed by atoms with Crippen LogP contribution >= 0.6 is 0 Å². The third-order valence-corrected chi connectivity index (χ3v) is 6.09. The Balaban J connectivity index is 0.000000269. The fourth-order valence-electron chi connectivity index (χ4n) is 2.84. The zero-order valence-electron chi connectivity index (χ0n) is 20.2. The standard InChI is InChI=1S/C12H14N4O4S.C11H16N2O/c1-19-10-11(14-7-15-12(10)20-2)16-21(17,18)9-5-3-8(13)4-6-9;1-7-5-4-6-8(2)10(7)13-11(14)9(3)12/h3-7H,13H2,1-2H3,(H,14,15,16);4-6,9H,12H2,1-3H3,(H,13,14). The number of para-hydroxylation sites is 1. The minimum absolute atomic E-state index is 0.0128. The number of hydrogen-bond donors (Lipinski definition) is 4. The van der Waals surface area contributed by atoms with E-state index in [-0.39, 0.29) is 28.3 Å². The summed E-state index contributed by atoms with van der Waals surface area (Å²) in [5.74, 6) is 0.0603. The summed E-state index contributed by atoms with van der Waals surface area (Å²) in [5.41, 5.74) is 14.5. The van der Waals surface area contributed by atoms with Gasteiger partial charge < -0.3 is 26.3 Å². The molecule has 1 aromatic heterocycles. The number of aromatic nitrogens is 2. The highest BCUT2D eigenvalue weighted by Gasteiger charge is 2.20. The summed E-state index contributed by atoms with van der Waals surface area (Å²) < 4.78 is 36.9. The van der Waals surface area contributed by atoms with Gasteiger partial charge in [-0.1, -0.05) is 18.2 Å². The molecule has 0 radical (unpaired) electrons. The molecule has 11 nitrogen and oxygen atoms in total. The van der Waals surface area contributed by atoms with E-state index < -0.39 is 16.1 Å². The van der Waals surface area contributed by atoms with Crippen LogP contribution in [0.4, 0.5) is 17.2 Å². The van der Waals surface area contributed by atoms with Crippen LogP contribution < -0.4 is 31.0 Å². The third kappa shape index (κ3) is 7.29. The number of nitrogens with two attached hydrogens (primary N) is 2. The average molecular weight is 503 g/mol. The fraction of sp³-hybridized carbons (Fsp3) is 0.261. The first-order valence-corrected chi connectivity index (χ1v) is 11.9. The number of ether oxygens (including phenoxy) is 2. The maximum absolute atomic E-state index is 12.3. The molecular formula is C23H30N6O5S. The number of carbonyl (C=O) groups is 1. The predicted molar refractivity (Wildman–Crippen MR) is 135 cm³/mol. The average Bonchev–Trinajstić information content (AvgIpc) is 2.81. The van der Waals surface area contributed by atoms with E-state index in [0.29, 0.717) is 5.69 Å². The molecule has 0 fully saturated rings. The smallest absolute Gasteiger partial charge is 0.263 e. The minimum Gasteiger partial charge on any atom is -0.489 e. The van der Waals surface area contributed by atoms with Crippen molar-refractivity contribution in [3.05, 3.63) is 59.9 Å². The first-order valence-electron chi connectivity index (χ1n) is 10.4. The van der Waals surface area contributed by atoms with Crippen molar-refractivity contribution in [3.63, 3.8) is 0 Å². The van der Waals surface area contributed by atoms with Crippen LogP contribution in [0.15, 0.2) is 53.7 Å². The molecule has 1 heterocycles. The number of hydrogen-bond acceptors (Lipinski definition) is 9. The molecule has 1 atom stereocenters. The van der Waals surface area contributed by atoms with Gasteiger partial charge in [0, 0.05) is 11.4 Å². The molecule has 0 bridgehead atoms. The number of carbonyl (C=O) groups excluding carboxylic acids is 1. The first kappa shape index (κ1) is 27.3. The Kier molecular flexibility index (Phi) is 9.37. The van der Waals surface area contributed by atoms with Crippen molar-refractivity contribution in [3.8, 4) is 11.6 Å². The van der Waals surface area contributed by atoms with Crippen LogP contribution in [0.1, 0.15) is 18.1 Å². The second-order valence-electron chi connectivity index (χ2n) is 7.48. The van der Waals surface area contributed by atoms with Gasteiger partial charge in [-0.3, -0.25) is 9.52 Å². The summed E-state index contributed by atoms with van der Waals surface area (Å²) in [4.78, 5) is 19.1. The zero-order chi connectivity index (χ0) is 26.2. The lowest BCUT2D eigenvalue weighted by Gasteiger charge is -2.12. The molecule has 12 heteroatoms. The molecule has 1 unspecified atom stereocenters. The molecule has 0 aliphatic rings. The monoisotopic (exact) mass is 502 g/mol. The van der Waals surface area contributed by atoms with E-state index >= 15 is 0 Å². The van der Waals surface area contributed by atoms with Gasteiger partial charge in [0.1, 0.15) is 6.33 Å². The molecule has 0 saturated heterocycles. The van der Waals surface area contributed by atoms with Crippen LogP contribution in [0.5, 0.6) is 11.6 Å². The Hall–Kier alpha value is -3.90. The summed E-state index contributed by atoms with van der Waals surface area (Å²) in [6, 6.07) is 11.2. The van der Waals surface area contributed by atoms with Crippen molar-refractivity contribution >= 4 is 33.1 Å². The van der Waals surface area contributed by atoms with Crippen molar-refractivity contribution in [1.82, 2.24) is 9.97 Å². The van der Waals surface area contributed by atoms with Crippen molar-refractivity contribution in [2.24, 2.45) is 5.73 Å². The van der Waals surface area contributed by atoms with E-state index in [2.05, 4.69) is 20.0 Å². The number of sulfonamides is 1. The maximum atomic E-state index is 12.3. The van der Waals surface area contributed by atoms with Gasteiger partial charge in [-0.15, -0.1) is 0 Å². The number of amides is 1. The topological polar surface area (TPSA) is 172 Å². The normalized spacial score (nSPS) is 11.5. The highest BCUT2D eigenvalue weighted by atomic mass is 32.2. The van der Waals surface area contributed by atoms with E-state index in [4.69, 9.17) is 20.9 Å². The Bertz CT molecular complexity index is 1240. The quantitative estimate of drug-likeness (QED) is 0.354. The van der Waals surface area contributed by atoms with Gasteiger partial charge in [-0.05, 0) is 56.2 Å². The van der Waals surface area contributed by atoms with Gasteiger partial charge in [0.2, 0.25) is 11.7 Å². The largest absolute Gasteiger partial charge is 0.489 e. The summed E-state index contributed by atoms with van der Waals surface area (Å²) in [6.07, 6.45) is 1.17. The van der Waals surface area contributed by atoms with Crippen LogP contribution in [0.2, 0.25) is 0 Å². The molecule has 0 saturated carbocycles. The Morgan fingerprint density at radius 2 is 1.60 bits per heavy atom. The highest BCUT2D eigenvalue weighted by Crippen LogP contribution is 2.32. The summed E-state index contributed by atoms with van der Waals surface area (Å²) in [6.45, 7) is 5.59. The molecule has 35 heavy (non-hydrogen) atoms. The van der Waals surface area contributed by atoms with E-state index in [9.17, 15) is 13.2 Å². The number of nitrogens with one attached hydrogen (secondary N) is 2. The van der Waals surface area contributed by atoms with Crippen molar-refractivity contribution in [2.45, 2.75) is 31.7 Å². The van der Waals surface area contributed by atoms with Crippen LogP contribution in [0.25, 0.3) is 0 Å². The highest BCUT2D eigenvalue weighted by molar-refractivity contribution is 7.92. The number of aryl methyl sites for hydroxylation is 2. The van der Waals surface area contributed by atoms with Crippen LogP contribution in [0.3, 0.4) is 0 Å². The maximum Gasteiger partial charge on any atom is 0.263 e. The molecule has 1 amide bonds. The third-order valence-electron chi connectivity index (χ3n) is 4.73. The number of benzene rings is 2. The van der Waals surface area contributed by atoms with Gasteiger partial charge in [0.05, 0.1) is 25.2 Å². The molecule has 0 spiro atoms. The lowest BCUT2D eigenvalue weighted by atomic mass is 10.1. The summed E-state index contributed by atoms with van der Waals surface area (Å²) in [5, 5.41) is 2.81. The Morgan fingerprint density at radius 3 is 2.11 bits per heavy atom. The number of nitrogen functional groups attached to an aromatic ring is 1. The van der Waals surface area contributed by atoms with Crippen LogP contribution in [-0.4, -0.2) is 44.6 Å². The van der Waals surface area contributed by atoms with E-state index in [1.807, 2.05) is 32.0 Å². The van der Waals surface area contributed by atoms with Gasteiger partial charge >= 0.3 is 0 Å². The minimum atomic E-state index is -3.82. The number of anilines is 3. The fourth-order valence-corrected chi connectivity index (χ4v) is 3.85. The van der Waals surface area contributed by atoms with Gasteiger partial charge in [0.25, 0.3) is 15.9 Å². The lowest BCUT2D eigenvalue weighted by molar-refractivity contribution is -0.117. The first-order chi connectivity index (χ1) is 16.5. The van der Waals surface area contributed by atoms with Gasteiger partial charge in [-0.25, -0.2) is 13.4 Å². The molecular weight excluding hydrogens is 472 g/mol. The van der Waals surface area contributed by atoms with Gasteiger partial charge in [0.15, 0.2) is 5.82 Å². The molecule has 0 aliphatic carbocycles. The lowest BCUT2D eigenvalue weighted by Crippen LogP contribution is -2.32. The van der Waals surface area contributed by atoms with Crippen molar-refractivity contribution in [2.75, 3.05) is 30.0 Å². The van der Waals surface area contributed by atoms with Gasteiger partial charge in [-0.2, -0.15) is 4.98 Å². The molecule has 188 valence electrons. The van der Waals surface area contributed by atoms with Crippen LogP contribution in [-0.2, 0) is 14.8 Å². The second kappa shape index (κ2) is 12.0. The van der Waals surface area contributed by atoms with E-state index in [0.717, 1.165) is 16.8 Å². The summed E-state index contributed by atoms with van der Waals surface area (Å²) in [7, 11) is -1.06. The predicted octanol–water partition coefficient (Wildman–Crippen LogP) is 2.47. The van der Waals surface area contributed by atoms with Crippen LogP contribution in [0, 0.1) is 13.8 Å². The molecule has 2 aromatic carbocycles. The zero-order valence-corrected chi connectivity index (χ0v) is 21.0. The molecule has 3 rings (SSSR count). The molecule has 0 aliphatic heterocycles. The van der Waals surface area contributed by atoms with Crippen molar-refractivity contribution < 1.29 is 22.7 Å².